The zero-order valence-electron chi connectivity index (χ0n) is 12.2. The van der Waals surface area contributed by atoms with E-state index in [1.165, 1.54) is 13.2 Å². The van der Waals surface area contributed by atoms with Crippen LogP contribution in [0.4, 0.5) is 14.5 Å². The van der Waals surface area contributed by atoms with Crippen LogP contribution in [0, 0.1) is 6.92 Å². The first-order valence-electron chi connectivity index (χ1n) is 6.57. The van der Waals surface area contributed by atoms with E-state index >= 15 is 0 Å². The van der Waals surface area contributed by atoms with Crippen molar-refractivity contribution >= 4 is 11.9 Å². The summed E-state index contributed by atoms with van der Waals surface area (Å²) in [4.78, 5) is 0. The fourth-order valence-corrected chi connectivity index (χ4v) is 1.85. The summed E-state index contributed by atoms with van der Waals surface area (Å²) in [5.74, 6) is 0.209. The number of rotatable bonds is 6. The molecule has 2 rings (SSSR count). The Balaban J connectivity index is 2.07. The number of halogens is 2. The van der Waals surface area contributed by atoms with Crippen molar-refractivity contribution in [2.45, 2.75) is 13.5 Å². The molecule has 0 atom stereocenters. The van der Waals surface area contributed by atoms with Crippen molar-refractivity contribution in [1.29, 1.82) is 0 Å². The second-order valence-corrected chi connectivity index (χ2v) is 4.53. The fraction of sp³-hybridized carbons (Fsp3) is 0.188. The van der Waals surface area contributed by atoms with Gasteiger partial charge in [-0.2, -0.15) is 13.9 Å². The second kappa shape index (κ2) is 7.40. The SMILES string of the molecule is COc1cc(/C=N\Nc2cccc(C)c2)ccc1OC(F)F. The topological polar surface area (TPSA) is 42.8 Å². The van der Waals surface area contributed by atoms with Crippen molar-refractivity contribution in [2.75, 3.05) is 12.5 Å². The molecular formula is C16H16F2N2O2. The third-order valence-corrected chi connectivity index (χ3v) is 2.83. The van der Waals surface area contributed by atoms with Crippen LogP contribution in [-0.4, -0.2) is 19.9 Å². The summed E-state index contributed by atoms with van der Waals surface area (Å²) in [5.41, 5.74) is 5.57. The van der Waals surface area contributed by atoms with Gasteiger partial charge in [-0.1, -0.05) is 12.1 Å². The lowest BCUT2D eigenvalue weighted by molar-refractivity contribution is -0.0512. The Kier molecular flexibility index (Phi) is 5.30. The van der Waals surface area contributed by atoms with Crippen molar-refractivity contribution in [2.24, 2.45) is 5.10 Å². The molecule has 0 spiro atoms. The van der Waals surface area contributed by atoms with E-state index in [0.29, 0.717) is 5.56 Å². The Morgan fingerprint density at radius 2 is 1.95 bits per heavy atom. The van der Waals surface area contributed by atoms with Crippen molar-refractivity contribution in [1.82, 2.24) is 0 Å². The summed E-state index contributed by atoms with van der Waals surface area (Å²) in [5, 5.41) is 4.10. The Labute approximate surface area is 127 Å². The van der Waals surface area contributed by atoms with Crippen molar-refractivity contribution < 1.29 is 18.3 Å². The molecule has 0 unspecified atom stereocenters. The van der Waals surface area contributed by atoms with E-state index in [0.717, 1.165) is 11.3 Å². The Morgan fingerprint density at radius 3 is 2.64 bits per heavy atom. The van der Waals surface area contributed by atoms with Gasteiger partial charge in [0.1, 0.15) is 0 Å². The number of hydrogen-bond acceptors (Lipinski definition) is 4. The second-order valence-electron chi connectivity index (χ2n) is 4.53. The summed E-state index contributed by atoms with van der Waals surface area (Å²) in [6, 6.07) is 12.4. The van der Waals surface area contributed by atoms with Crippen LogP contribution in [0.1, 0.15) is 11.1 Å². The van der Waals surface area contributed by atoms with E-state index in [1.54, 1.807) is 18.3 Å². The molecule has 0 aliphatic rings. The number of alkyl halides is 2. The Morgan fingerprint density at radius 1 is 1.14 bits per heavy atom. The molecule has 0 amide bonds. The summed E-state index contributed by atoms with van der Waals surface area (Å²) < 4.78 is 33.9. The van der Waals surface area contributed by atoms with Crippen LogP contribution in [0.25, 0.3) is 0 Å². The van der Waals surface area contributed by atoms with E-state index in [-0.39, 0.29) is 11.5 Å². The maximum Gasteiger partial charge on any atom is 0.387 e. The van der Waals surface area contributed by atoms with E-state index in [4.69, 9.17) is 4.74 Å². The van der Waals surface area contributed by atoms with Gasteiger partial charge in [-0.3, -0.25) is 5.43 Å². The molecule has 0 aliphatic heterocycles. The molecule has 116 valence electrons. The minimum absolute atomic E-state index is 0.0127. The van der Waals surface area contributed by atoms with Gasteiger partial charge in [0, 0.05) is 0 Å². The molecule has 0 heterocycles. The molecule has 0 saturated carbocycles. The maximum absolute atomic E-state index is 12.2. The first kappa shape index (κ1) is 15.8. The standard InChI is InChI=1S/C16H16F2N2O2/c1-11-4-3-5-13(8-11)20-19-10-12-6-7-14(22-16(17)18)15(9-12)21-2/h3-10,16,20H,1-2H3/b19-10-. The lowest BCUT2D eigenvalue weighted by atomic mass is 10.2. The van der Waals surface area contributed by atoms with Crippen molar-refractivity contribution in [3.8, 4) is 11.5 Å². The van der Waals surface area contributed by atoms with Crippen LogP contribution < -0.4 is 14.9 Å². The van der Waals surface area contributed by atoms with E-state index in [2.05, 4.69) is 15.3 Å². The highest BCUT2D eigenvalue weighted by atomic mass is 19.3. The smallest absolute Gasteiger partial charge is 0.387 e. The van der Waals surface area contributed by atoms with Gasteiger partial charge in [-0.05, 0) is 48.4 Å². The number of nitrogens with one attached hydrogen (secondary N) is 1. The highest BCUT2D eigenvalue weighted by Gasteiger charge is 2.10. The van der Waals surface area contributed by atoms with E-state index in [1.807, 2.05) is 31.2 Å². The van der Waals surface area contributed by atoms with Crippen LogP contribution in [0.5, 0.6) is 11.5 Å². The van der Waals surface area contributed by atoms with Gasteiger partial charge in [0.2, 0.25) is 0 Å². The predicted octanol–water partition coefficient (Wildman–Crippen LogP) is 4.05. The lowest BCUT2D eigenvalue weighted by Crippen LogP contribution is -2.03. The average molecular weight is 306 g/mol. The first-order valence-corrected chi connectivity index (χ1v) is 6.57. The monoisotopic (exact) mass is 306 g/mol. The van der Waals surface area contributed by atoms with Crippen LogP contribution in [0.3, 0.4) is 0 Å². The van der Waals surface area contributed by atoms with Gasteiger partial charge in [0.15, 0.2) is 11.5 Å². The number of methoxy groups -OCH3 is 1. The highest BCUT2D eigenvalue weighted by molar-refractivity contribution is 5.81. The fourth-order valence-electron chi connectivity index (χ4n) is 1.85. The van der Waals surface area contributed by atoms with Gasteiger partial charge in [-0.15, -0.1) is 0 Å². The molecule has 0 saturated heterocycles. The number of ether oxygens (including phenoxy) is 2. The third kappa shape index (κ3) is 4.44. The number of hydrogen-bond donors (Lipinski definition) is 1. The molecule has 0 radical (unpaired) electrons. The number of aryl methyl sites for hydroxylation is 1. The van der Waals surface area contributed by atoms with Crippen LogP contribution in [-0.2, 0) is 0 Å². The van der Waals surface area contributed by atoms with Crippen LogP contribution >= 0.6 is 0 Å². The molecule has 0 bridgehead atoms. The minimum Gasteiger partial charge on any atom is -0.493 e. The highest BCUT2D eigenvalue weighted by Crippen LogP contribution is 2.28. The molecule has 2 aromatic carbocycles. The van der Waals surface area contributed by atoms with E-state index < -0.39 is 6.61 Å². The molecule has 0 aliphatic carbocycles. The van der Waals surface area contributed by atoms with Gasteiger partial charge in [0.05, 0.1) is 19.0 Å². The van der Waals surface area contributed by atoms with Gasteiger partial charge in [0.25, 0.3) is 0 Å². The van der Waals surface area contributed by atoms with Crippen LogP contribution in [0.15, 0.2) is 47.6 Å². The average Bonchev–Trinajstić information content (AvgIpc) is 2.48. The predicted molar refractivity (Wildman–Crippen MR) is 82.0 cm³/mol. The largest absolute Gasteiger partial charge is 0.493 e. The number of nitrogens with zero attached hydrogens (tertiary/aromatic N) is 1. The number of anilines is 1. The lowest BCUT2D eigenvalue weighted by Gasteiger charge is -2.10. The first-order chi connectivity index (χ1) is 10.6. The molecule has 22 heavy (non-hydrogen) atoms. The summed E-state index contributed by atoms with van der Waals surface area (Å²) in [7, 11) is 1.39. The molecule has 4 nitrogen and oxygen atoms in total. The third-order valence-electron chi connectivity index (χ3n) is 2.83. The normalized spacial score (nSPS) is 11.0. The van der Waals surface area contributed by atoms with Crippen molar-refractivity contribution in [3.05, 3.63) is 53.6 Å². The molecule has 1 N–H and O–H groups in total. The summed E-state index contributed by atoms with van der Waals surface area (Å²) in [6.07, 6.45) is 1.57. The van der Waals surface area contributed by atoms with Crippen LogP contribution in [0.2, 0.25) is 0 Å². The molecular weight excluding hydrogens is 290 g/mol. The van der Waals surface area contributed by atoms with Gasteiger partial charge in [-0.25, -0.2) is 0 Å². The maximum atomic E-state index is 12.2. The molecule has 6 heteroatoms. The summed E-state index contributed by atoms with van der Waals surface area (Å²) in [6.45, 7) is -0.905. The molecule has 0 fully saturated rings. The van der Waals surface area contributed by atoms with E-state index in [9.17, 15) is 8.78 Å². The summed E-state index contributed by atoms with van der Waals surface area (Å²) >= 11 is 0. The minimum atomic E-state index is -2.89. The van der Waals surface area contributed by atoms with Gasteiger partial charge >= 0.3 is 6.61 Å². The zero-order chi connectivity index (χ0) is 15.9. The quantitative estimate of drug-likeness (QED) is 0.646. The zero-order valence-corrected chi connectivity index (χ0v) is 12.2. The number of hydrazone groups is 1. The Bertz CT molecular complexity index is 660. The van der Waals surface area contributed by atoms with Gasteiger partial charge < -0.3 is 9.47 Å². The molecule has 2 aromatic rings. The molecule has 0 aromatic heterocycles. The Hall–Kier alpha value is -2.63. The number of benzene rings is 2. The van der Waals surface area contributed by atoms with Crippen molar-refractivity contribution in [3.63, 3.8) is 0 Å².